The number of rotatable bonds is 7. The van der Waals surface area contributed by atoms with Gasteiger partial charge in [0.1, 0.15) is 5.75 Å². The summed E-state index contributed by atoms with van der Waals surface area (Å²) in [7, 11) is 0. The van der Waals surface area contributed by atoms with Crippen LogP contribution < -0.4 is 15.4 Å². The first-order valence-electron chi connectivity index (χ1n) is 7.77. The molecule has 1 fully saturated rings. The zero-order valence-electron chi connectivity index (χ0n) is 13.5. The molecule has 1 aromatic rings. The normalized spacial score (nSPS) is 14.8. The second-order valence-corrected chi connectivity index (χ2v) is 5.53. The number of nitrogens with zero attached hydrogens (tertiary/aromatic N) is 1. The van der Waals surface area contributed by atoms with E-state index < -0.39 is 12.8 Å². The van der Waals surface area contributed by atoms with E-state index in [2.05, 4.69) is 15.6 Å². The van der Waals surface area contributed by atoms with Crippen LogP contribution in [0, 0.1) is 5.92 Å². The molecule has 0 saturated heterocycles. The molecule has 0 atom stereocenters. The summed E-state index contributed by atoms with van der Waals surface area (Å²) in [5.74, 6) is 1.60. The van der Waals surface area contributed by atoms with Crippen molar-refractivity contribution in [2.75, 3.05) is 19.7 Å². The summed E-state index contributed by atoms with van der Waals surface area (Å²) in [6.45, 7) is 2.53. The van der Waals surface area contributed by atoms with Gasteiger partial charge in [0.05, 0.1) is 6.54 Å². The van der Waals surface area contributed by atoms with Crippen molar-refractivity contribution in [3.63, 3.8) is 0 Å². The van der Waals surface area contributed by atoms with E-state index in [4.69, 9.17) is 4.74 Å². The first-order valence-corrected chi connectivity index (χ1v) is 7.77. The van der Waals surface area contributed by atoms with Crippen LogP contribution in [0.3, 0.4) is 0 Å². The van der Waals surface area contributed by atoms with E-state index in [0.29, 0.717) is 17.4 Å². The van der Waals surface area contributed by atoms with Gasteiger partial charge in [-0.2, -0.15) is 13.2 Å². The molecule has 2 rings (SSSR count). The Bertz CT molecular complexity index is 534. The van der Waals surface area contributed by atoms with Gasteiger partial charge in [-0.25, -0.2) is 4.99 Å². The second-order valence-electron chi connectivity index (χ2n) is 5.53. The molecule has 0 aliphatic heterocycles. The molecule has 0 bridgehead atoms. The van der Waals surface area contributed by atoms with Crippen molar-refractivity contribution in [3.05, 3.63) is 29.8 Å². The lowest BCUT2D eigenvalue weighted by molar-refractivity contribution is -0.153. The van der Waals surface area contributed by atoms with Gasteiger partial charge in [-0.05, 0) is 31.7 Å². The fourth-order valence-corrected chi connectivity index (χ4v) is 2.00. The first-order chi connectivity index (χ1) is 11.0. The molecule has 0 unspecified atom stereocenters. The molecule has 0 radical (unpaired) electrons. The molecule has 0 aromatic heterocycles. The molecule has 8 heteroatoms. The van der Waals surface area contributed by atoms with Gasteiger partial charge in [-0.1, -0.05) is 18.2 Å². The van der Waals surface area contributed by atoms with Crippen molar-refractivity contribution < 1.29 is 17.9 Å². The number of hydrogen-bond acceptors (Lipinski definition) is 2. The lowest BCUT2D eigenvalue weighted by Crippen LogP contribution is -2.38. The van der Waals surface area contributed by atoms with Crippen molar-refractivity contribution in [2.24, 2.45) is 10.9 Å². The summed E-state index contributed by atoms with van der Waals surface area (Å²) in [6.07, 6.45) is -1.88. The number of guanidine groups is 1. The third kappa shape index (κ3) is 8.07. The molecule has 0 heterocycles. The Kier molecular flexibility index (Phi) is 8.65. The minimum Gasteiger partial charge on any atom is -0.484 e. The number of benzene rings is 1. The van der Waals surface area contributed by atoms with Crippen molar-refractivity contribution in [1.82, 2.24) is 10.6 Å². The van der Waals surface area contributed by atoms with Crippen LogP contribution in [0.5, 0.6) is 5.75 Å². The second kappa shape index (κ2) is 9.95. The topological polar surface area (TPSA) is 45.7 Å². The van der Waals surface area contributed by atoms with Gasteiger partial charge in [0, 0.05) is 18.7 Å². The number of hydrogen-bond donors (Lipinski definition) is 2. The quantitative estimate of drug-likeness (QED) is 0.373. The van der Waals surface area contributed by atoms with Gasteiger partial charge in [-0.15, -0.1) is 24.0 Å². The highest BCUT2D eigenvalue weighted by molar-refractivity contribution is 14.0. The van der Waals surface area contributed by atoms with Gasteiger partial charge >= 0.3 is 6.18 Å². The molecule has 1 aliphatic carbocycles. The molecule has 4 nitrogen and oxygen atoms in total. The third-order valence-corrected chi connectivity index (χ3v) is 3.37. The molecule has 2 N–H and O–H groups in total. The van der Waals surface area contributed by atoms with Crippen LogP contribution >= 0.6 is 24.0 Å². The van der Waals surface area contributed by atoms with Crippen molar-refractivity contribution in [3.8, 4) is 5.75 Å². The summed E-state index contributed by atoms with van der Waals surface area (Å²) in [4.78, 5) is 4.42. The van der Waals surface area contributed by atoms with Gasteiger partial charge in [0.2, 0.25) is 0 Å². The molecule has 1 aromatic carbocycles. The van der Waals surface area contributed by atoms with Crippen molar-refractivity contribution in [1.29, 1.82) is 0 Å². The predicted molar refractivity (Wildman–Crippen MR) is 98.9 cm³/mol. The summed E-state index contributed by atoms with van der Waals surface area (Å²) < 4.78 is 41.8. The van der Waals surface area contributed by atoms with E-state index in [0.717, 1.165) is 13.1 Å². The van der Waals surface area contributed by atoms with Crippen LogP contribution in [0.4, 0.5) is 13.2 Å². The number of para-hydroxylation sites is 1. The van der Waals surface area contributed by atoms with Gasteiger partial charge in [0.15, 0.2) is 12.6 Å². The number of nitrogens with one attached hydrogen (secondary N) is 2. The van der Waals surface area contributed by atoms with E-state index in [1.165, 1.54) is 18.9 Å². The van der Waals surface area contributed by atoms with Crippen LogP contribution in [0.1, 0.15) is 25.3 Å². The molecule has 24 heavy (non-hydrogen) atoms. The standard InChI is InChI=1S/C16H22F3N3O.HI/c1-2-20-15(21-9-12-7-8-12)22-10-13-5-3-4-6-14(13)23-11-16(17,18)19;/h3-6,12H,2,7-11H2,1H3,(H2,20,21,22);1H. The van der Waals surface area contributed by atoms with Crippen molar-refractivity contribution >= 4 is 29.9 Å². The average Bonchev–Trinajstić information content (AvgIpc) is 3.32. The van der Waals surface area contributed by atoms with Crippen molar-refractivity contribution in [2.45, 2.75) is 32.5 Å². The first kappa shape index (κ1) is 20.9. The van der Waals surface area contributed by atoms with E-state index >= 15 is 0 Å². The zero-order valence-corrected chi connectivity index (χ0v) is 15.9. The number of halogens is 4. The van der Waals surface area contributed by atoms with Crippen LogP contribution in [-0.2, 0) is 6.54 Å². The summed E-state index contributed by atoms with van der Waals surface area (Å²) in [6, 6.07) is 6.66. The molecule has 1 aliphatic rings. The van der Waals surface area contributed by atoms with E-state index in [9.17, 15) is 13.2 Å². The van der Waals surface area contributed by atoms with Gasteiger partial charge in [0.25, 0.3) is 0 Å². The highest BCUT2D eigenvalue weighted by Gasteiger charge is 2.28. The summed E-state index contributed by atoms with van der Waals surface area (Å²) in [5, 5.41) is 6.38. The Morgan fingerprint density at radius 3 is 2.58 bits per heavy atom. The fraction of sp³-hybridized carbons (Fsp3) is 0.562. The highest BCUT2D eigenvalue weighted by Crippen LogP contribution is 2.27. The molecule has 1 saturated carbocycles. The van der Waals surface area contributed by atoms with Crippen LogP contribution in [0.25, 0.3) is 0 Å². The van der Waals surface area contributed by atoms with Gasteiger partial charge in [-0.3, -0.25) is 0 Å². The van der Waals surface area contributed by atoms with Crippen LogP contribution in [-0.4, -0.2) is 31.8 Å². The Balaban J connectivity index is 0.00000288. The molecule has 0 amide bonds. The maximum atomic E-state index is 12.3. The Labute approximate surface area is 157 Å². The Morgan fingerprint density at radius 2 is 1.96 bits per heavy atom. The number of alkyl halides is 3. The maximum Gasteiger partial charge on any atom is 0.422 e. The van der Waals surface area contributed by atoms with Crippen LogP contribution in [0.2, 0.25) is 0 Å². The zero-order chi connectivity index (χ0) is 16.7. The van der Waals surface area contributed by atoms with Crippen LogP contribution in [0.15, 0.2) is 29.3 Å². The van der Waals surface area contributed by atoms with E-state index in [1.54, 1.807) is 18.2 Å². The minimum absolute atomic E-state index is 0. The monoisotopic (exact) mass is 457 g/mol. The highest BCUT2D eigenvalue weighted by atomic mass is 127. The Hall–Kier alpha value is -1.19. The molecular weight excluding hydrogens is 434 g/mol. The molecule has 0 spiro atoms. The number of aliphatic imine (C=N–C) groups is 1. The SMILES string of the molecule is CCNC(=NCc1ccccc1OCC(F)(F)F)NCC1CC1.I. The molecular formula is C16H23F3IN3O. The number of ether oxygens (including phenoxy) is 1. The lowest BCUT2D eigenvalue weighted by atomic mass is 10.2. The maximum absolute atomic E-state index is 12.3. The summed E-state index contributed by atoms with van der Waals surface area (Å²) in [5.41, 5.74) is 0.625. The fourth-order valence-electron chi connectivity index (χ4n) is 2.00. The minimum atomic E-state index is -4.35. The largest absolute Gasteiger partial charge is 0.484 e. The van der Waals surface area contributed by atoms with E-state index in [-0.39, 0.29) is 36.3 Å². The molecule has 136 valence electrons. The third-order valence-electron chi connectivity index (χ3n) is 3.37. The lowest BCUT2D eigenvalue weighted by Gasteiger charge is -2.13. The predicted octanol–water partition coefficient (Wildman–Crippen LogP) is 3.71. The average molecular weight is 457 g/mol. The van der Waals surface area contributed by atoms with Gasteiger partial charge < -0.3 is 15.4 Å². The summed E-state index contributed by atoms with van der Waals surface area (Å²) >= 11 is 0. The Morgan fingerprint density at radius 1 is 1.25 bits per heavy atom. The smallest absolute Gasteiger partial charge is 0.422 e. The van der Waals surface area contributed by atoms with E-state index in [1.807, 2.05) is 6.92 Å².